The number of ether oxygens (including phenoxy) is 3. The summed E-state index contributed by atoms with van der Waals surface area (Å²) in [5.74, 6) is 0.356. The maximum absolute atomic E-state index is 14.7. The Kier molecular flexibility index (Phi) is 7.20. The third-order valence-corrected chi connectivity index (χ3v) is 4.13. The van der Waals surface area contributed by atoms with Crippen LogP contribution in [-0.4, -0.2) is 44.6 Å². The summed E-state index contributed by atoms with van der Waals surface area (Å²) in [4.78, 5) is 6.17. The lowest BCUT2D eigenvalue weighted by molar-refractivity contribution is 0.0509. The number of nitrogens with zero attached hydrogens (tertiary/aromatic N) is 2. The fourth-order valence-electron chi connectivity index (χ4n) is 2.50. The second kappa shape index (κ2) is 9.16. The van der Waals surface area contributed by atoms with Gasteiger partial charge in [0.2, 0.25) is 0 Å². The van der Waals surface area contributed by atoms with E-state index in [1.165, 1.54) is 7.11 Å². The predicted octanol–water partition coefficient (Wildman–Crippen LogP) is 3.96. The summed E-state index contributed by atoms with van der Waals surface area (Å²) in [5.41, 5.74) is 3.09. The highest BCUT2D eigenvalue weighted by atomic mass is 35.5. The smallest absolute Gasteiger partial charge is 0.188 e. The molecule has 0 amide bonds. The van der Waals surface area contributed by atoms with E-state index >= 15 is 0 Å². The van der Waals surface area contributed by atoms with Crippen molar-refractivity contribution in [2.75, 3.05) is 34.7 Å². The molecule has 0 aliphatic heterocycles. The molecule has 5 nitrogen and oxygen atoms in total. The molecule has 1 heterocycles. The molecule has 0 atom stereocenters. The van der Waals surface area contributed by atoms with Crippen molar-refractivity contribution in [3.05, 3.63) is 51.6 Å². The van der Waals surface area contributed by atoms with Crippen LogP contribution in [0, 0.1) is 19.7 Å². The minimum Gasteiger partial charge on any atom is -0.475 e. The van der Waals surface area contributed by atoms with Crippen molar-refractivity contribution < 1.29 is 18.6 Å². The molecule has 0 spiro atoms. The zero-order chi connectivity index (χ0) is 19.3. The summed E-state index contributed by atoms with van der Waals surface area (Å²) >= 11 is 6.15. The molecular weight excluding hydrogens is 359 g/mol. The highest BCUT2D eigenvalue weighted by Gasteiger charge is 2.16. The fraction of sp³-hybridized carbons (Fsp3) is 0.421. The topological polar surface area (TPSA) is 43.8 Å². The van der Waals surface area contributed by atoms with Crippen LogP contribution >= 0.6 is 11.6 Å². The van der Waals surface area contributed by atoms with Crippen molar-refractivity contribution in [1.29, 1.82) is 0 Å². The number of aromatic nitrogens is 1. The monoisotopic (exact) mass is 382 g/mol. The van der Waals surface area contributed by atoms with Crippen LogP contribution in [0.15, 0.2) is 18.2 Å². The van der Waals surface area contributed by atoms with Crippen molar-refractivity contribution >= 4 is 11.6 Å². The van der Waals surface area contributed by atoms with Crippen LogP contribution in [0.4, 0.5) is 4.39 Å². The second-order valence-electron chi connectivity index (χ2n) is 6.28. The number of rotatable bonds is 8. The molecule has 0 fully saturated rings. The molecule has 2 aromatic rings. The Labute approximate surface area is 158 Å². The molecule has 0 saturated carbocycles. The van der Waals surface area contributed by atoms with E-state index in [1.54, 1.807) is 19.1 Å². The van der Waals surface area contributed by atoms with Gasteiger partial charge >= 0.3 is 0 Å². The Hall–Kier alpha value is -1.89. The summed E-state index contributed by atoms with van der Waals surface area (Å²) in [5, 5.41) is 0.251. The molecule has 0 aliphatic rings. The van der Waals surface area contributed by atoms with E-state index in [0.29, 0.717) is 24.5 Å². The average Bonchev–Trinajstić information content (AvgIpc) is 2.59. The van der Waals surface area contributed by atoms with E-state index in [9.17, 15) is 4.39 Å². The van der Waals surface area contributed by atoms with Gasteiger partial charge in [-0.25, -0.2) is 9.37 Å². The minimum atomic E-state index is -0.349. The lowest BCUT2D eigenvalue weighted by atomic mass is 9.97. The molecule has 0 radical (unpaired) electrons. The van der Waals surface area contributed by atoms with Crippen LogP contribution in [0.5, 0.6) is 11.5 Å². The molecule has 26 heavy (non-hydrogen) atoms. The van der Waals surface area contributed by atoms with Crippen LogP contribution < -0.4 is 9.47 Å². The van der Waals surface area contributed by atoms with Gasteiger partial charge in [0.05, 0.1) is 0 Å². The van der Waals surface area contributed by atoms with E-state index in [-0.39, 0.29) is 23.5 Å². The van der Waals surface area contributed by atoms with E-state index in [1.807, 2.05) is 32.0 Å². The SMILES string of the molecule is COCOc1ccc(Cc2c(C)cc(OCN(C)C)c(F)c2C)nc1Cl. The summed E-state index contributed by atoms with van der Waals surface area (Å²) in [6.07, 6.45) is 0.465. The minimum absolute atomic E-state index is 0.0958. The van der Waals surface area contributed by atoms with Gasteiger partial charge in [0.25, 0.3) is 0 Å². The van der Waals surface area contributed by atoms with Gasteiger partial charge in [0.15, 0.2) is 29.3 Å². The first-order chi connectivity index (χ1) is 12.3. The summed E-state index contributed by atoms with van der Waals surface area (Å²) in [6, 6.07) is 5.27. The Bertz CT molecular complexity index is 769. The van der Waals surface area contributed by atoms with Crippen molar-refractivity contribution in [3.63, 3.8) is 0 Å². The molecule has 7 heteroatoms. The predicted molar refractivity (Wildman–Crippen MR) is 99.6 cm³/mol. The third-order valence-electron chi connectivity index (χ3n) is 3.86. The maximum atomic E-state index is 14.7. The number of benzene rings is 1. The first-order valence-electron chi connectivity index (χ1n) is 8.16. The number of pyridine rings is 1. The molecule has 0 saturated heterocycles. The summed E-state index contributed by atoms with van der Waals surface area (Å²) in [7, 11) is 5.25. The summed E-state index contributed by atoms with van der Waals surface area (Å²) in [6.45, 7) is 4.09. The van der Waals surface area contributed by atoms with E-state index in [0.717, 1.165) is 16.8 Å². The van der Waals surface area contributed by atoms with Crippen molar-refractivity contribution in [1.82, 2.24) is 9.88 Å². The number of hydrogen-bond donors (Lipinski definition) is 0. The van der Waals surface area contributed by atoms with Crippen LogP contribution in [0.2, 0.25) is 5.15 Å². The Morgan fingerprint density at radius 1 is 1.15 bits per heavy atom. The molecule has 0 bridgehead atoms. The highest BCUT2D eigenvalue weighted by Crippen LogP contribution is 2.29. The first-order valence-corrected chi connectivity index (χ1v) is 8.54. The van der Waals surface area contributed by atoms with E-state index in [2.05, 4.69) is 4.98 Å². The van der Waals surface area contributed by atoms with Crippen molar-refractivity contribution in [3.8, 4) is 11.5 Å². The normalized spacial score (nSPS) is 11.1. The van der Waals surface area contributed by atoms with Gasteiger partial charge in [-0.15, -0.1) is 0 Å². The van der Waals surface area contributed by atoms with Gasteiger partial charge in [-0.05, 0) is 62.8 Å². The molecule has 142 valence electrons. The molecule has 1 aromatic heterocycles. The van der Waals surface area contributed by atoms with Crippen LogP contribution in [0.3, 0.4) is 0 Å². The Balaban J connectivity index is 2.24. The standard InChI is InChI=1S/C19H24ClFN2O3/c1-12-8-17(25-10-23(3)4)18(21)13(2)15(12)9-14-6-7-16(19(20)22-14)26-11-24-5/h6-8H,9-11H2,1-5H3. The first kappa shape index (κ1) is 20.4. The van der Waals surface area contributed by atoms with E-state index < -0.39 is 0 Å². The number of methoxy groups -OCH3 is 1. The number of aryl methyl sites for hydroxylation is 1. The lowest BCUT2D eigenvalue weighted by Crippen LogP contribution is -2.19. The van der Waals surface area contributed by atoms with Gasteiger partial charge in [0.1, 0.15) is 6.73 Å². The number of hydrogen-bond acceptors (Lipinski definition) is 5. The molecule has 1 aromatic carbocycles. The number of halogens is 2. The molecule has 2 rings (SSSR count). The second-order valence-corrected chi connectivity index (χ2v) is 6.64. The molecule has 0 unspecified atom stereocenters. The van der Waals surface area contributed by atoms with Crippen molar-refractivity contribution in [2.45, 2.75) is 20.3 Å². The van der Waals surface area contributed by atoms with E-state index in [4.69, 9.17) is 25.8 Å². The van der Waals surface area contributed by atoms with Crippen LogP contribution in [0.1, 0.15) is 22.4 Å². The van der Waals surface area contributed by atoms with Crippen molar-refractivity contribution in [2.24, 2.45) is 0 Å². The third kappa shape index (κ3) is 5.06. The van der Waals surface area contributed by atoms with Gasteiger partial charge < -0.3 is 14.2 Å². The highest BCUT2D eigenvalue weighted by molar-refractivity contribution is 6.30. The van der Waals surface area contributed by atoms with Gasteiger partial charge in [-0.3, -0.25) is 4.90 Å². The molecular formula is C19H24ClFN2O3. The quantitative estimate of drug-likeness (QED) is 0.510. The van der Waals surface area contributed by atoms with Gasteiger partial charge in [0, 0.05) is 19.2 Å². The van der Waals surface area contributed by atoms with Gasteiger partial charge in [-0.1, -0.05) is 11.6 Å². The van der Waals surface area contributed by atoms with Gasteiger partial charge in [-0.2, -0.15) is 0 Å². The Morgan fingerprint density at radius 3 is 2.50 bits per heavy atom. The molecule has 0 aliphatic carbocycles. The fourth-order valence-corrected chi connectivity index (χ4v) is 2.73. The zero-order valence-corrected chi connectivity index (χ0v) is 16.5. The average molecular weight is 383 g/mol. The molecule has 0 N–H and O–H groups in total. The van der Waals surface area contributed by atoms with Crippen LogP contribution in [0.25, 0.3) is 0 Å². The lowest BCUT2D eigenvalue weighted by Gasteiger charge is -2.17. The Morgan fingerprint density at radius 2 is 1.88 bits per heavy atom. The maximum Gasteiger partial charge on any atom is 0.188 e. The largest absolute Gasteiger partial charge is 0.475 e. The zero-order valence-electron chi connectivity index (χ0n) is 15.7. The van der Waals surface area contributed by atoms with Crippen LogP contribution in [-0.2, 0) is 11.2 Å². The summed E-state index contributed by atoms with van der Waals surface area (Å²) < 4.78 is 30.4.